The predicted octanol–water partition coefficient (Wildman–Crippen LogP) is 2.09. The smallest absolute Gasteiger partial charge is 0.322 e. The van der Waals surface area contributed by atoms with Gasteiger partial charge in [0.05, 0.1) is 0 Å². The molecule has 0 spiro atoms. The Morgan fingerprint density at radius 2 is 2.00 bits per heavy atom. The molecule has 0 saturated heterocycles. The normalized spacial score (nSPS) is 14.3. The monoisotopic (exact) mass is 305 g/mol. The van der Waals surface area contributed by atoms with Gasteiger partial charge in [-0.05, 0) is 24.0 Å². The molecule has 0 aliphatic rings. The Morgan fingerprint density at radius 3 is 2.37 bits per heavy atom. The lowest BCUT2D eigenvalue weighted by Gasteiger charge is -2.27. The second kappa shape index (κ2) is 5.60. The summed E-state index contributed by atoms with van der Waals surface area (Å²) in [4.78, 5) is 12.1. The molecule has 0 fully saturated rings. The van der Waals surface area contributed by atoms with E-state index in [1.165, 1.54) is 6.07 Å². The van der Waals surface area contributed by atoms with Crippen molar-refractivity contribution in [1.29, 1.82) is 0 Å². The van der Waals surface area contributed by atoms with Gasteiger partial charge in [-0.2, -0.15) is 4.72 Å². The van der Waals surface area contributed by atoms with Gasteiger partial charge in [0.15, 0.2) is 0 Å². The van der Waals surface area contributed by atoms with Crippen LogP contribution in [0.2, 0.25) is 0 Å². The van der Waals surface area contributed by atoms with E-state index in [9.17, 15) is 13.2 Å². The molecule has 0 aliphatic carbocycles. The molecule has 108 valence electrons. The summed E-state index contributed by atoms with van der Waals surface area (Å²) < 4.78 is 26.7. The predicted molar refractivity (Wildman–Crippen MR) is 74.9 cm³/mol. The topological polar surface area (TPSA) is 83.5 Å². The van der Waals surface area contributed by atoms with E-state index in [1.54, 1.807) is 26.8 Å². The Morgan fingerprint density at radius 1 is 1.42 bits per heavy atom. The fraction of sp³-hybridized carbons (Fsp3) is 0.583. The van der Waals surface area contributed by atoms with Crippen molar-refractivity contribution >= 4 is 27.3 Å². The lowest BCUT2D eigenvalue weighted by molar-refractivity contribution is -0.141. The summed E-state index contributed by atoms with van der Waals surface area (Å²) in [6.07, 6.45) is 0.752. The van der Waals surface area contributed by atoms with Gasteiger partial charge in [0, 0.05) is 4.88 Å². The number of aryl methyl sites for hydroxylation is 1. The van der Waals surface area contributed by atoms with Gasteiger partial charge in [0.25, 0.3) is 10.0 Å². The number of rotatable bonds is 5. The third-order valence-electron chi connectivity index (χ3n) is 2.64. The first-order valence-electron chi connectivity index (χ1n) is 5.91. The number of carboxylic acid groups (broad SMARTS) is 1. The van der Waals surface area contributed by atoms with E-state index in [0.29, 0.717) is 0 Å². The molecule has 1 aromatic heterocycles. The maximum Gasteiger partial charge on any atom is 0.322 e. The second-order valence-corrected chi connectivity index (χ2v) is 8.44. The molecule has 0 amide bonds. The Labute approximate surface area is 117 Å². The van der Waals surface area contributed by atoms with Crippen LogP contribution in [0.4, 0.5) is 0 Å². The van der Waals surface area contributed by atoms with Crippen molar-refractivity contribution in [1.82, 2.24) is 4.72 Å². The zero-order valence-electron chi connectivity index (χ0n) is 11.4. The van der Waals surface area contributed by atoms with Crippen LogP contribution in [-0.4, -0.2) is 25.5 Å². The molecule has 7 heteroatoms. The van der Waals surface area contributed by atoms with Crippen LogP contribution < -0.4 is 4.72 Å². The van der Waals surface area contributed by atoms with Gasteiger partial charge in [-0.1, -0.05) is 27.7 Å². The van der Waals surface area contributed by atoms with E-state index < -0.39 is 27.4 Å². The lowest BCUT2D eigenvalue weighted by Crippen LogP contribution is -2.48. The Hall–Kier alpha value is -0.920. The highest BCUT2D eigenvalue weighted by molar-refractivity contribution is 7.91. The highest BCUT2D eigenvalue weighted by Gasteiger charge is 2.35. The second-order valence-electron chi connectivity index (χ2n) is 5.33. The van der Waals surface area contributed by atoms with Gasteiger partial charge in [0.2, 0.25) is 0 Å². The van der Waals surface area contributed by atoms with Crippen LogP contribution in [-0.2, 0) is 21.2 Å². The van der Waals surface area contributed by atoms with Crippen molar-refractivity contribution in [2.45, 2.75) is 44.4 Å². The summed E-state index contributed by atoms with van der Waals surface area (Å²) in [6.45, 7) is 6.98. The Bertz CT molecular complexity index is 555. The number of aliphatic carboxylic acids is 1. The number of hydrogen-bond donors (Lipinski definition) is 2. The SMILES string of the molecule is CCc1ccc(S(=O)(=O)NC(C(=O)O)C(C)(C)C)s1. The molecule has 0 aromatic carbocycles. The summed E-state index contributed by atoms with van der Waals surface area (Å²) in [5, 5.41) is 9.15. The molecule has 1 rings (SSSR count). The number of thiophene rings is 1. The molecule has 0 aliphatic heterocycles. The largest absolute Gasteiger partial charge is 0.480 e. The fourth-order valence-electron chi connectivity index (χ4n) is 1.50. The minimum Gasteiger partial charge on any atom is -0.480 e. The first-order chi connectivity index (χ1) is 8.58. The van der Waals surface area contributed by atoms with Crippen molar-refractivity contribution in [3.8, 4) is 0 Å². The van der Waals surface area contributed by atoms with E-state index in [4.69, 9.17) is 5.11 Å². The van der Waals surface area contributed by atoms with E-state index in [1.807, 2.05) is 6.92 Å². The first kappa shape index (κ1) is 16.1. The van der Waals surface area contributed by atoms with E-state index in [0.717, 1.165) is 22.6 Å². The van der Waals surface area contributed by atoms with Crippen molar-refractivity contribution in [3.63, 3.8) is 0 Å². The summed E-state index contributed by atoms with van der Waals surface area (Å²) in [7, 11) is -3.79. The molecule has 0 radical (unpaired) electrons. The quantitative estimate of drug-likeness (QED) is 0.872. The number of hydrogen-bond acceptors (Lipinski definition) is 4. The van der Waals surface area contributed by atoms with Crippen LogP contribution in [0.15, 0.2) is 16.3 Å². The maximum atomic E-state index is 12.2. The van der Waals surface area contributed by atoms with Crippen LogP contribution in [0.1, 0.15) is 32.6 Å². The van der Waals surface area contributed by atoms with E-state index >= 15 is 0 Å². The molecule has 0 saturated carbocycles. The van der Waals surface area contributed by atoms with E-state index in [2.05, 4.69) is 4.72 Å². The average molecular weight is 305 g/mol. The standard InChI is InChI=1S/C12H19NO4S2/c1-5-8-6-7-9(18-8)19(16,17)13-10(11(14)15)12(2,3)4/h6-7,10,13H,5H2,1-4H3,(H,14,15). The van der Waals surface area contributed by atoms with Crippen molar-refractivity contribution in [2.75, 3.05) is 0 Å². The van der Waals surface area contributed by atoms with Gasteiger partial charge in [-0.3, -0.25) is 4.79 Å². The average Bonchev–Trinajstić information content (AvgIpc) is 2.73. The molecule has 1 atom stereocenters. The Balaban J connectivity index is 3.04. The summed E-state index contributed by atoms with van der Waals surface area (Å²) in [6, 6.07) is 2.09. The number of sulfonamides is 1. The molecule has 0 bridgehead atoms. The minimum absolute atomic E-state index is 0.153. The van der Waals surface area contributed by atoms with Crippen LogP contribution in [0.5, 0.6) is 0 Å². The summed E-state index contributed by atoms with van der Waals surface area (Å²) in [5.41, 5.74) is -0.705. The van der Waals surface area contributed by atoms with Crippen LogP contribution >= 0.6 is 11.3 Å². The van der Waals surface area contributed by atoms with Crippen LogP contribution in [0, 0.1) is 5.41 Å². The molecule has 2 N–H and O–H groups in total. The maximum absolute atomic E-state index is 12.2. The third kappa shape index (κ3) is 4.02. The van der Waals surface area contributed by atoms with Crippen molar-refractivity contribution in [2.24, 2.45) is 5.41 Å². The van der Waals surface area contributed by atoms with Gasteiger partial charge >= 0.3 is 5.97 Å². The minimum atomic E-state index is -3.79. The van der Waals surface area contributed by atoms with Gasteiger partial charge < -0.3 is 5.11 Å². The Kier molecular flexibility index (Phi) is 4.76. The highest BCUT2D eigenvalue weighted by atomic mass is 32.2. The van der Waals surface area contributed by atoms with E-state index in [-0.39, 0.29) is 4.21 Å². The third-order valence-corrected chi connectivity index (χ3v) is 5.78. The van der Waals surface area contributed by atoms with Crippen molar-refractivity contribution < 1.29 is 18.3 Å². The molecule has 1 aromatic rings. The van der Waals surface area contributed by atoms with Gasteiger partial charge in [0.1, 0.15) is 10.3 Å². The molecule has 19 heavy (non-hydrogen) atoms. The van der Waals surface area contributed by atoms with Crippen LogP contribution in [0.25, 0.3) is 0 Å². The zero-order chi connectivity index (χ0) is 14.8. The zero-order valence-corrected chi connectivity index (χ0v) is 13.1. The molecule has 1 unspecified atom stereocenters. The summed E-state index contributed by atoms with van der Waals surface area (Å²) in [5.74, 6) is -1.18. The molecular weight excluding hydrogens is 286 g/mol. The van der Waals surface area contributed by atoms with Crippen LogP contribution in [0.3, 0.4) is 0 Å². The number of carboxylic acids is 1. The van der Waals surface area contributed by atoms with Gasteiger partial charge in [-0.15, -0.1) is 11.3 Å². The molecule has 5 nitrogen and oxygen atoms in total. The number of nitrogens with one attached hydrogen (secondary N) is 1. The van der Waals surface area contributed by atoms with Gasteiger partial charge in [-0.25, -0.2) is 8.42 Å². The lowest BCUT2D eigenvalue weighted by atomic mass is 9.88. The summed E-state index contributed by atoms with van der Waals surface area (Å²) >= 11 is 1.16. The van der Waals surface area contributed by atoms with Crippen molar-refractivity contribution in [3.05, 3.63) is 17.0 Å². The first-order valence-corrected chi connectivity index (χ1v) is 8.21. The highest BCUT2D eigenvalue weighted by Crippen LogP contribution is 2.25. The fourth-order valence-corrected chi connectivity index (χ4v) is 4.21. The number of carbonyl (C=O) groups is 1. The molecule has 1 heterocycles. The molecular formula is C12H19NO4S2.